The summed E-state index contributed by atoms with van der Waals surface area (Å²) in [5.41, 5.74) is 6.57. The molecule has 0 saturated heterocycles. The lowest BCUT2D eigenvalue weighted by molar-refractivity contribution is 0.102. The maximum Gasteiger partial charge on any atom is 0.275 e. The Morgan fingerprint density at radius 3 is 3.00 bits per heavy atom. The van der Waals surface area contributed by atoms with Crippen LogP contribution in [0.5, 0.6) is 5.75 Å². The molecule has 1 aromatic carbocycles. The van der Waals surface area contributed by atoms with Gasteiger partial charge in [-0.05, 0) is 25.1 Å². The van der Waals surface area contributed by atoms with E-state index in [-0.39, 0.29) is 5.91 Å². The van der Waals surface area contributed by atoms with Crippen molar-refractivity contribution in [3.8, 4) is 5.75 Å². The number of rotatable bonds is 8. The van der Waals surface area contributed by atoms with Crippen LogP contribution in [0.4, 0.5) is 5.69 Å². The smallest absolute Gasteiger partial charge is 0.275 e. The molecule has 0 fully saturated rings. The molecule has 0 atom stereocenters. The Bertz CT molecular complexity index is 613. The Labute approximate surface area is 134 Å². The third-order valence-electron chi connectivity index (χ3n) is 3.03. The van der Waals surface area contributed by atoms with Crippen LogP contribution in [0, 0.1) is 0 Å². The summed E-state index contributed by atoms with van der Waals surface area (Å²) in [4.78, 5) is 16.5. The van der Waals surface area contributed by atoms with Crippen molar-refractivity contribution in [3.63, 3.8) is 0 Å². The number of hydrogen-bond donors (Lipinski definition) is 2. The number of amides is 1. The van der Waals surface area contributed by atoms with Gasteiger partial charge in [-0.3, -0.25) is 4.79 Å². The van der Waals surface area contributed by atoms with Gasteiger partial charge in [-0.1, -0.05) is 25.5 Å². The number of anilines is 1. The van der Waals surface area contributed by atoms with Crippen LogP contribution >= 0.6 is 11.3 Å². The van der Waals surface area contributed by atoms with Crippen molar-refractivity contribution in [3.05, 3.63) is 40.3 Å². The SMILES string of the molecule is CCCCOc1ccccc1NC(=O)c1csc(CCN)n1. The molecular formula is C16H21N3O2S. The highest BCUT2D eigenvalue weighted by Gasteiger charge is 2.13. The summed E-state index contributed by atoms with van der Waals surface area (Å²) in [7, 11) is 0. The molecular weight excluding hydrogens is 298 g/mol. The normalized spacial score (nSPS) is 10.5. The molecule has 118 valence electrons. The molecule has 1 amide bonds. The first kappa shape index (κ1) is 16.5. The molecule has 0 aliphatic carbocycles. The maximum atomic E-state index is 12.3. The summed E-state index contributed by atoms with van der Waals surface area (Å²) in [6, 6.07) is 7.43. The zero-order valence-electron chi connectivity index (χ0n) is 12.7. The molecule has 0 radical (unpaired) electrons. The van der Waals surface area contributed by atoms with Gasteiger partial charge in [-0.15, -0.1) is 11.3 Å². The van der Waals surface area contributed by atoms with Crippen molar-refractivity contribution in [2.24, 2.45) is 5.73 Å². The van der Waals surface area contributed by atoms with Crippen LogP contribution in [0.2, 0.25) is 0 Å². The van der Waals surface area contributed by atoms with Crippen LogP contribution in [-0.4, -0.2) is 24.0 Å². The third kappa shape index (κ3) is 4.54. The molecule has 22 heavy (non-hydrogen) atoms. The van der Waals surface area contributed by atoms with E-state index in [1.54, 1.807) is 5.38 Å². The fraction of sp³-hybridized carbons (Fsp3) is 0.375. The van der Waals surface area contributed by atoms with E-state index in [4.69, 9.17) is 10.5 Å². The average Bonchev–Trinajstić information content (AvgIpc) is 2.98. The Hall–Kier alpha value is -1.92. The van der Waals surface area contributed by atoms with Crippen LogP contribution in [0.15, 0.2) is 29.6 Å². The summed E-state index contributed by atoms with van der Waals surface area (Å²) in [5, 5.41) is 5.48. The van der Waals surface area contributed by atoms with Gasteiger partial charge in [-0.25, -0.2) is 4.98 Å². The number of carbonyl (C=O) groups excluding carboxylic acids is 1. The van der Waals surface area contributed by atoms with Crippen molar-refractivity contribution < 1.29 is 9.53 Å². The van der Waals surface area contributed by atoms with Crippen LogP contribution in [0.1, 0.15) is 35.3 Å². The number of nitrogens with zero attached hydrogens (tertiary/aromatic N) is 1. The summed E-state index contributed by atoms with van der Waals surface area (Å²) in [6.07, 6.45) is 2.74. The minimum atomic E-state index is -0.230. The van der Waals surface area contributed by atoms with E-state index in [2.05, 4.69) is 17.2 Å². The lowest BCUT2D eigenvalue weighted by Crippen LogP contribution is -2.14. The topological polar surface area (TPSA) is 77.2 Å². The first-order chi connectivity index (χ1) is 10.7. The number of hydrogen-bond acceptors (Lipinski definition) is 5. The fourth-order valence-electron chi connectivity index (χ4n) is 1.86. The van der Waals surface area contributed by atoms with Crippen LogP contribution in [0.3, 0.4) is 0 Å². The van der Waals surface area contributed by atoms with Gasteiger partial charge in [0.2, 0.25) is 0 Å². The van der Waals surface area contributed by atoms with Gasteiger partial charge >= 0.3 is 0 Å². The van der Waals surface area contributed by atoms with Crippen LogP contribution in [0.25, 0.3) is 0 Å². The minimum absolute atomic E-state index is 0.230. The van der Waals surface area contributed by atoms with Crippen molar-refractivity contribution in [2.75, 3.05) is 18.5 Å². The number of ether oxygens (including phenoxy) is 1. The Morgan fingerprint density at radius 1 is 1.41 bits per heavy atom. The second-order valence-electron chi connectivity index (χ2n) is 4.82. The summed E-state index contributed by atoms with van der Waals surface area (Å²) in [5.74, 6) is 0.452. The van der Waals surface area contributed by atoms with Crippen molar-refractivity contribution in [2.45, 2.75) is 26.2 Å². The summed E-state index contributed by atoms with van der Waals surface area (Å²) in [6.45, 7) is 3.28. The highest BCUT2D eigenvalue weighted by Crippen LogP contribution is 2.24. The number of para-hydroxylation sites is 2. The molecule has 0 bridgehead atoms. The van der Waals surface area contributed by atoms with Gasteiger partial charge in [0.25, 0.3) is 5.91 Å². The predicted octanol–water partition coefficient (Wildman–Crippen LogP) is 3.08. The average molecular weight is 319 g/mol. The molecule has 0 spiro atoms. The van der Waals surface area contributed by atoms with Gasteiger partial charge in [0.05, 0.1) is 17.3 Å². The molecule has 0 unspecified atom stereocenters. The number of benzene rings is 1. The van der Waals surface area contributed by atoms with Crippen LogP contribution < -0.4 is 15.8 Å². The lowest BCUT2D eigenvalue weighted by Gasteiger charge is -2.11. The minimum Gasteiger partial charge on any atom is -0.491 e. The highest BCUT2D eigenvalue weighted by molar-refractivity contribution is 7.09. The number of carbonyl (C=O) groups is 1. The van der Waals surface area contributed by atoms with E-state index in [9.17, 15) is 4.79 Å². The predicted molar refractivity (Wildman–Crippen MR) is 89.7 cm³/mol. The van der Waals surface area contributed by atoms with E-state index in [1.807, 2.05) is 24.3 Å². The maximum absolute atomic E-state index is 12.3. The molecule has 0 aliphatic rings. The molecule has 2 rings (SSSR count). The second kappa shape index (κ2) is 8.51. The summed E-state index contributed by atoms with van der Waals surface area (Å²) >= 11 is 1.45. The number of unbranched alkanes of at least 4 members (excludes halogenated alkanes) is 1. The number of thiazole rings is 1. The Kier molecular flexibility index (Phi) is 6.36. The van der Waals surface area contributed by atoms with Gasteiger partial charge in [0, 0.05) is 11.8 Å². The number of aromatic nitrogens is 1. The summed E-state index contributed by atoms with van der Waals surface area (Å²) < 4.78 is 5.71. The lowest BCUT2D eigenvalue weighted by atomic mass is 10.2. The van der Waals surface area contributed by atoms with E-state index in [0.29, 0.717) is 36.7 Å². The second-order valence-corrected chi connectivity index (χ2v) is 5.76. The number of nitrogens with two attached hydrogens (primary N) is 1. The quantitative estimate of drug-likeness (QED) is 0.733. The largest absolute Gasteiger partial charge is 0.491 e. The van der Waals surface area contributed by atoms with Crippen molar-refractivity contribution in [1.29, 1.82) is 0 Å². The first-order valence-corrected chi connectivity index (χ1v) is 8.30. The number of nitrogens with one attached hydrogen (secondary N) is 1. The van der Waals surface area contributed by atoms with Gasteiger partial charge in [0.15, 0.2) is 0 Å². The van der Waals surface area contributed by atoms with E-state index in [1.165, 1.54) is 11.3 Å². The molecule has 1 aromatic heterocycles. The fourth-order valence-corrected chi connectivity index (χ4v) is 2.66. The molecule has 6 heteroatoms. The zero-order chi connectivity index (χ0) is 15.8. The van der Waals surface area contributed by atoms with Gasteiger partial charge < -0.3 is 15.8 Å². The standard InChI is InChI=1S/C16H21N3O2S/c1-2-3-10-21-14-7-5-4-6-12(14)19-16(20)13-11-22-15(18-13)8-9-17/h4-7,11H,2-3,8-10,17H2,1H3,(H,19,20). The van der Waals surface area contributed by atoms with E-state index in [0.717, 1.165) is 17.8 Å². The van der Waals surface area contributed by atoms with E-state index < -0.39 is 0 Å². The van der Waals surface area contributed by atoms with Crippen molar-refractivity contribution in [1.82, 2.24) is 4.98 Å². The monoisotopic (exact) mass is 319 g/mol. The molecule has 3 N–H and O–H groups in total. The zero-order valence-corrected chi connectivity index (χ0v) is 13.5. The third-order valence-corrected chi connectivity index (χ3v) is 3.94. The molecule has 0 aliphatic heterocycles. The van der Waals surface area contributed by atoms with Crippen LogP contribution in [-0.2, 0) is 6.42 Å². The Morgan fingerprint density at radius 2 is 2.23 bits per heavy atom. The van der Waals surface area contributed by atoms with Gasteiger partial charge in [-0.2, -0.15) is 0 Å². The Balaban J connectivity index is 2.04. The highest BCUT2D eigenvalue weighted by atomic mass is 32.1. The first-order valence-electron chi connectivity index (χ1n) is 7.42. The van der Waals surface area contributed by atoms with Crippen molar-refractivity contribution >= 4 is 22.9 Å². The molecule has 0 saturated carbocycles. The van der Waals surface area contributed by atoms with E-state index >= 15 is 0 Å². The van der Waals surface area contributed by atoms with Gasteiger partial charge in [0.1, 0.15) is 11.4 Å². The molecule has 5 nitrogen and oxygen atoms in total. The molecule has 1 heterocycles. The molecule has 2 aromatic rings.